The van der Waals surface area contributed by atoms with E-state index in [0.717, 1.165) is 38.8 Å². The molecular formula is C34H47NO4. The number of aromatic carboxylic acids is 1. The number of carbonyl (C=O) groups excluding carboxylic acids is 1. The number of unbranched alkanes of at least 4 members (excludes halogenated alkanes) is 2. The van der Waals surface area contributed by atoms with Crippen molar-refractivity contribution in [2.75, 3.05) is 13.1 Å². The number of rotatable bonds is 17. The van der Waals surface area contributed by atoms with Gasteiger partial charge in [-0.1, -0.05) is 78.1 Å². The van der Waals surface area contributed by atoms with Crippen molar-refractivity contribution in [1.29, 1.82) is 0 Å². The van der Waals surface area contributed by atoms with Crippen LogP contribution in [-0.4, -0.2) is 40.9 Å². The van der Waals surface area contributed by atoms with Crippen molar-refractivity contribution in [1.82, 2.24) is 4.90 Å². The van der Waals surface area contributed by atoms with Gasteiger partial charge in [-0.25, -0.2) is 4.79 Å². The number of benzene rings is 2. The summed E-state index contributed by atoms with van der Waals surface area (Å²) in [5, 5.41) is 10.1. The highest BCUT2D eigenvalue weighted by Gasteiger charge is 2.23. The summed E-state index contributed by atoms with van der Waals surface area (Å²) in [4.78, 5) is 28.0. The van der Waals surface area contributed by atoms with Crippen molar-refractivity contribution < 1.29 is 19.1 Å². The molecule has 1 N–H and O–H groups in total. The molecule has 0 amide bonds. The number of aryl methyl sites for hydroxylation is 2. The van der Waals surface area contributed by atoms with Gasteiger partial charge < -0.3 is 14.4 Å². The highest BCUT2D eigenvalue weighted by molar-refractivity contribution is 6.17. The lowest BCUT2D eigenvalue weighted by Gasteiger charge is -2.34. The van der Waals surface area contributed by atoms with Crippen molar-refractivity contribution in [3.05, 3.63) is 70.5 Å². The Kier molecular flexibility index (Phi) is 11.8. The fourth-order valence-electron chi connectivity index (χ4n) is 5.54. The molecule has 0 bridgehead atoms. The molecular weight excluding hydrogens is 486 g/mol. The largest absolute Gasteiger partial charge is 0.478 e. The summed E-state index contributed by atoms with van der Waals surface area (Å²) in [7, 11) is 0. The zero-order valence-corrected chi connectivity index (χ0v) is 24.6. The minimum atomic E-state index is -1.02. The quantitative estimate of drug-likeness (QED) is 0.176. The van der Waals surface area contributed by atoms with E-state index in [1.54, 1.807) is 12.1 Å². The molecule has 1 atom stereocenters. The number of carboxylic acids is 1. The first-order chi connectivity index (χ1) is 18.8. The van der Waals surface area contributed by atoms with Crippen LogP contribution in [0, 0.1) is 5.92 Å². The Hall–Kier alpha value is -2.92. The molecule has 3 rings (SSSR count). The summed E-state index contributed by atoms with van der Waals surface area (Å²) < 4.78 is 6.04. The molecule has 0 aliphatic rings. The second kappa shape index (κ2) is 15.0. The van der Waals surface area contributed by atoms with E-state index in [9.17, 15) is 14.7 Å². The van der Waals surface area contributed by atoms with E-state index >= 15 is 0 Å². The van der Waals surface area contributed by atoms with Crippen molar-refractivity contribution in [2.45, 2.75) is 98.4 Å². The number of fused-ring (bicyclic) bond motifs is 1. The van der Waals surface area contributed by atoms with Crippen LogP contribution >= 0.6 is 0 Å². The fraction of sp³-hybridized carbons (Fsp3) is 0.529. The molecule has 1 heterocycles. The Labute approximate surface area is 234 Å². The third-order valence-electron chi connectivity index (χ3n) is 7.74. The molecule has 39 heavy (non-hydrogen) atoms. The first kappa shape index (κ1) is 30.6. The molecule has 0 aliphatic heterocycles. The molecule has 3 aromatic rings. The molecule has 5 nitrogen and oxygen atoms in total. The third-order valence-corrected chi connectivity index (χ3v) is 7.74. The number of furan rings is 1. The minimum absolute atomic E-state index is 0.112. The molecule has 0 spiro atoms. The predicted molar refractivity (Wildman–Crippen MR) is 160 cm³/mol. The molecule has 0 radical (unpaired) electrons. The Bertz CT molecular complexity index is 1210. The molecule has 212 valence electrons. The van der Waals surface area contributed by atoms with Gasteiger partial charge in [0.25, 0.3) is 0 Å². The zero-order chi connectivity index (χ0) is 28.4. The average Bonchev–Trinajstić information content (AvgIpc) is 3.29. The Balaban J connectivity index is 1.76. The highest BCUT2D eigenvalue weighted by atomic mass is 16.4. The van der Waals surface area contributed by atoms with E-state index in [2.05, 4.69) is 51.7 Å². The van der Waals surface area contributed by atoms with Gasteiger partial charge in [-0.05, 0) is 74.9 Å². The average molecular weight is 534 g/mol. The Morgan fingerprint density at radius 1 is 0.846 bits per heavy atom. The smallest absolute Gasteiger partial charge is 0.335 e. The predicted octanol–water partition coefficient (Wildman–Crippen LogP) is 8.56. The molecule has 2 aromatic carbocycles. The monoisotopic (exact) mass is 533 g/mol. The molecule has 0 aliphatic carbocycles. The maximum Gasteiger partial charge on any atom is 0.335 e. The molecule has 0 saturated carbocycles. The van der Waals surface area contributed by atoms with Crippen LogP contribution in [0.5, 0.6) is 0 Å². The number of carbonyl (C=O) groups is 2. The summed E-state index contributed by atoms with van der Waals surface area (Å²) >= 11 is 0. The summed E-state index contributed by atoms with van der Waals surface area (Å²) in [6.07, 6.45) is 9.51. The van der Waals surface area contributed by atoms with Gasteiger partial charge in [-0.2, -0.15) is 0 Å². The maximum atomic E-state index is 13.7. The van der Waals surface area contributed by atoms with Crippen molar-refractivity contribution in [2.24, 2.45) is 5.92 Å². The third kappa shape index (κ3) is 8.04. The molecule has 1 aromatic heterocycles. The van der Waals surface area contributed by atoms with Crippen molar-refractivity contribution >= 4 is 22.7 Å². The lowest BCUT2D eigenvalue weighted by atomic mass is 9.95. The van der Waals surface area contributed by atoms with Crippen LogP contribution < -0.4 is 0 Å². The standard InChI is InChI=1S/C34H47NO4/c1-6-9-14-31-32(28-23-27(34(37)38)19-20-30(28)39-31)33(36)26-17-15-25(16-18-26)13-11-22-35(21-10-7-2)29(12-8-3)24(4)5/h15-20,23-24,29H,6-14,21-22H2,1-5H3,(H,37,38). The van der Waals surface area contributed by atoms with Crippen LogP contribution in [0.3, 0.4) is 0 Å². The first-order valence-corrected chi connectivity index (χ1v) is 15.0. The molecule has 1 unspecified atom stereocenters. The van der Waals surface area contributed by atoms with Gasteiger partial charge in [-0.15, -0.1) is 0 Å². The lowest BCUT2D eigenvalue weighted by Crippen LogP contribution is -2.40. The van der Waals surface area contributed by atoms with Crippen LogP contribution in [0.4, 0.5) is 0 Å². The highest BCUT2D eigenvalue weighted by Crippen LogP contribution is 2.31. The SMILES string of the molecule is CCCCc1oc2ccc(C(=O)O)cc2c1C(=O)c1ccc(CCCN(CCCC)C(CCC)C(C)C)cc1. The normalized spacial score (nSPS) is 12.5. The number of carboxylic acid groups (broad SMARTS) is 1. The first-order valence-electron chi connectivity index (χ1n) is 15.0. The Morgan fingerprint density at radius 3 is 2.13 bits per heavy atom. The second-order valence-electron chi connectivity index (χ2n) is 11.1. The summed E-state index contributed by atoms with van der Waals surface area (Å²) in [5.74, 6) is 0.167. The number of nitrogens with zero attached hydrogens (tertiary/aromatic N) is 1. The van der Waals surface area contributed by atoms with E-state index in [0.29, 0.717) is 46.2 Å². The topological polar surface area (TPSA) is 70.7 Å². The van der Waals surface area contributed by atoms with Crippen molar-refractivity contribution in [3.8, 4) is 0 Å². The van der Waals surface area contributed by atoms with Crippen LogP contribution in [0.2, 0.25) is 0 Å². The fourth-order valence-corrected chi connectivity index (χ4v) is 5.54. The number of hydrogen-bond acceptors (Lipinski definition) is 4. The zero-order valence-electron chi connectivity index (χ0n) is 24.6. The van der Waals surface area contributed by atoms with Gasteiger partial charge >= 0.3 is 5.97 Å². The number of ketones is 1. The lowest BCUT2D eigenvalue weighted by molar-refractivity contribution is 0.0696. The van der Waals surface area contributed by atoms with Crippen LogP contribution in [0.15, 0.2) is 46.9 Å². The summed E-state index contributed by atoms with van der Waals surface area (Å²) in [6.45, 7) is 13.6. The molecule has 5 heteroatoms. The van der Waals surface area contributed by atoms with E-state index in [-0.39, 0.29) is 11.3 Å². The minimum Gasteiger partial charge on any atom is -0.478 e. The Morgan fingerprint density at radius 2 is 1.51 bits per heavy atom. The van der Waals surface area contributed by atoms with E-state index < -0.39 is 5.97 Å². The van der Waals surface area contributed by atoms with Crippen LogP contribution in [-0.2, 0) is 12.8 Å². The van der Waals surface area contributed by atoms with Crippen molar-refractivity contribution in [3.63, 3.8) is 0 Å². The summed E-state index contributed by atoms with van der Waals surface area (Å²) in [5.41, 5.74) is 3.04. The molecule has 0 fully saturated rings. The van der Waals surface area contributed by atoms with Crippen LogP contribution in [0.1, 0.15) is 117 Å². The maximum absolute atomic E-state index is 13.7. The van der Waals surface area contributed by atoms with E-state index in [1.165, 1.54) is 37.3 Å². The van der Waals surface area contributed by atoms with Crippen LogP contribution in [0.25, 0.3) is 11.0 Å². The van der Waals surface area contributed by atoms with E-state index in [4.69, 9.17) is 4.42 Å². The van der Waals surface area contributed by atoms with E-state index in [1.807, 2.05) is 12.1 Å². The van der Waals surface area contributed by atoms with Gasteiger partial charge in [0.15, 0.2) is 5.78 Å². The number of hydrogen-bond donors (Lipinski definition) is 1. The second-order valence-corrected chi connectivity index (χ2v) is 11.1. The summed E-state index contributed by atoms with van der Waals surface area (Å²) in [6, 6.07) is 13.3. The van der Waals surface area contributed by atoms with Gasteiger partial charge in [0, 0.05) is 23.4 Å². The molecule has 0 saturated heterocycles. The van der Waals surface area contributed by atoms with Gasteiger partial charge in [0.05, 0.1) is 11.1 Å². The van der Waals surface area contributed by atoms with Gasteiger partial charge in [0.1, 0.15) is 11.3 Å². The van der Waals surface area contributed by atoms with Gasteiger partial charge in [-0.3, -0.25) is 4.79 Å². The van der Waals surface area contributed by atoms with Gasteiger partial charge in [0.2, 0.25) is 0 Å².